The van der Waals surface area contributed by atoms with E-state index < -0.39 is 0 Å². The summed E-state index contributed by atoms with van der Waals surface area (Å²) in [7, 11) is 6.31. The molecule has 0 N–H and O–H groups in total. The zero-order valence-corrected chi connectivity index (χ0v) is 13.5. The van der Waals surface area contributed by atoms with Crippen LogP contribution < -0.4 is 0 Å². The Morgan fingerprint density at radius 2 is 1.90 bits per heavy atom. The van der Waals surface area contributed by atoms with Crippen molar-refractivity contribution in [1.29, 1.82) is 0 Å². The molecule has 2 fully saturated rings. The summed E-state index contributed by atoms with van der Waals surface area (Å²) in [4.78, 5) is 18.2. The fraction of sp³-hybridized carbons (Fsp3) is 0.688. The highest BCUT2D eigenvalue weighted by atomic mass is 32.1. The number of carbonyl (C=O) groups excluding carboxylic acids is 1. The molecule has 3 rings (SSSR count). The summed E-state index contributed by atoms with van der Waals surface area (Å²) in [5, 5.41) is 2.17. The standard InChI is InChI=1S/C16H24N2OS/c1-17(2)16(13-5-4-12-20-13)8-6-15(7-9-16)10-11-18(3)14(15)19/h4-5,12H,6-11H2,1-3H3. The van der Waals surface area contributed by atoms with Crippen LogP contribution in [-0.4, -0.2) is 43.4 Å². The molecule has 2 heterocycles. The van der Waals surface area contributed by atoms with E-state index in [0.29, 0.717) is 5.91 Å². The van der Waals surface area contributed by atoms with Crippen molar-refractivity contribution < 1.29 is 4.79 Å². The Bertz CT molecular complexity index is 487. The van der Waals surface area contributed by atoms with Crippen LogP contribution in [0.15, 0.2) is 17.5 Å². The molecule has 0 unspecified atom stereocenters. The van der Waals surface area contributed by atoms with Gasteiger partial charge in [0.1, 0.15) is 0 Å². The summed E-state index contributed by atoms with van der Waals surface area (Å²) in [6, 6.07) is 4.40. The van der Waals surface area contributed by atoms with Gasteiger partial charge in [-0.1, -0.05) is 6.07 Å². The molecule has 1 aromatic rings. The minimum Gasteiger partial charge on any atom is -0.345 e. The maximum atomic E-state index is 12.5. The van der Waals surface area contributed by atoms with Gasteiger partial charge < -0.3 is 4.90 Å². The predicted octanol–water partition coefficient (Wildman–Crippen LogP) is 2.93. The fourth-order valence-electron chi connectivity index (χ4n) is 4.06. The number of hydrogen-bond acceptors (Lipinski definition) is 3. The number of hydrogen-bond donors (Lipinski definition) is 0. The third-order valence-corrected chi connectivity index (χ3v) is 6.66. The quantitative estimate of drug-likeness (QED) is 0.837. The Kier molecular flexibility index (Phi) is 3.41. The molecule has 4 heteroatoms. The molecule has 0 radical (unpaired) electrons. The number of likely N-dealkylation sites (tertiary alicyclic amines) is 1. The van der Waals surface area contributed by atoms with Gasteiger partial charge >= 0.3 is 0 Å². The van der Waals surface area contributed by atoms with Crippen molar-refractivity contribution in [3.63, 3.8) is 0 Å². The molecule has 20 heavy (non-hydrogen) atoms. The highest BCUT2D eigenvalue weighted by Gasteiger charge is 2.52. The lowest BCUT2D eigenvalue weighted by molar-refractivity contribution is -0.138. The van der Waals surface area contributed by atoms with E-state index in [1.165, 1.54) is 4.88 Å². The molecule has 0 atom stereocenters. The Morgan fingerprint density at radius 1 is 1.20 bits per heavy atom. The van der Waals surface area contributed by atoms with Crippen LogP contribution in [-0.2, 0) is 10.3 Å². The summed E-state index contributed by atoms with van der Waals surface area (Å²) in [5.74, 6) is 0.385. The lowest BCUT2D eigenvalue weighted by Crippen LogP contribution is -2.48. The van der Waals surface area contributed by atoms with E-state index in [1.807, 2.05) is 23.3 Å². The van der Waals surface area contributed by atoms with E-state index in [-0.39, 0.29) is 11.0 Å². The Hall–Kier alpha value is -0.870. The molecule has 1 aliphatic carbocycles. The fourth-order valence-corrected chi connectivity index (χ4v) is 5.13. The van der Waals surface area contributed by atoms with Crippen LogP contribution in [0.5, 0.6) is 0 Å². The topological polar surface area (TPSA) is 23.6 Å². The molecular weight excluding hydrogens is 268 g/mol. The van der Waals surface area contributed by atoms with Crippen LogP contribution in [0.25, 0.3) is 0 Å². The number of carbonyl (C=O) groups is 1. The Labute approximate surface area is 125 Å². The number of thiophene rings is 1. The van der Waals surface area contributed by atoms with E-state index >= 15 is 0 Å². The van der Waals surface area contributed by atoms with Gasteiger partial charge in [-0.15, -0.1) is 11.3 Å². The molecule has 1 saturated heterocycles. The smallest absolute Gasteiger partial charge is 0.228 e. The minimum atomic E-state index is -0.0501. The zero-order valence-electron chi connectivity index (χ0n) is 12.7. The maximum Gasteiger partial charge on any atom is 0.228 e. The van der Waals surface area contributed by atoms with Crippen LogP contribution in [0.3, 0.4) is 0 Å². The van der Waals surface area contributed by atoms with Gasteiger partial charge in [-0.2, -0.15) is 0 Å². The maximum absolute atomic E-state index is 12.5. The van der Waals surface area contributed by atoms with Crippen LogP contribution >= 0.6 is 11.3 Å². The van der Waals surface area contributed by atoms with Gasteiger partial charge in [0.2, 0.25) is 5.91 Å². The molecule has 0 bridgehead atoms. The van der Waals surface area contributed by atoms with Crippen molar-refractivity contribution in [3.05, 3.63) is 22.4 Å². The van der Waals surface area contributed by atoms with Crippen LogP contribution in [0.2, 0.25) is 0 Å². The van der Waals surface area contributed by atoms with Gasteiger partial charge in [0.25, 0.3) is 0 Å². The van der Waals surface area contributed by atoms with Crippen LogP contribution in [0, 0.1) is 5.41 Å². The molecule has 0 aromatic carbocycles. The SMILES string of the molecule is CN1CCC2(CCC(c3cccs3)(N(C)C)CC2)C1=O. The lowest BCUT2D eigenvalue weighted by Gasteiger charge is -2.47. The van der Waals surface area contributed by atoms with E-state index in [2.05, 4.69) is 36.5 Å². The molecule has 110 valence electrons. The summed E-state index contributed by atoms with van der Waals surface area (Å²) >= 11 is 1.85. The lowest BCUT2D eigenvalue weighted by atomic mass is 9.65. The number of rotatable bonds is 2. The summed E-state index contributed by atoms with van der Waals surface area (Å²) in [6.45, 7) is 0.937. The highest BCUT2D eigenvalue weighted by molar-refractivity contribution is 7.10. The largest absolute Gasteiger partial charge is 0.345 e. The van der Waals surface area contributed by atoms with Crippen molar-refractivity contribution in [2.24, 2.45) is 5.41 Å². The molecular formula is C16H24N2OS. The van der Waals surface area contributed by atoms with Gasteiger partial charge in [-0.3, -0.25) is 9.69 Å². The minimum absolute atomic E-state index is 0.0501. The second kappa shape index (κ2) is 4.85. The number of amides is 1. The van der Waals surface area contributed by atoms with Gasteiger partial charge in [-0.05, 0) is 57.6 Å². The third-order valence-electron chi connectivity index (χ3n) is 5.60. The summed E-state index contributed by atoms with van der Waals surface area (Å²) in [5.41, 5.74) is 0.0897. The molecule has 1 amide bonds. The van der Waals surface area contributed by atoms with E-state index in [9.17, 15) is 4.79 Å². The first-order valence-electron chi connectivity index (χ1n) is 7.47. The van der Waals surface area contributed by atoms with Crippen molar-refractivity contribution in [1.82, 2.24) is 9.80 Å². The van der Waals surface area contributed by atoms with Gasteiger partial charge in [-0.25, -0.2) is 0 Å². The zero-order chi connectivity index (χ0) is 14.4. The van der Waals surface area contributed by atoms with Gasteiger partial charge in [0.15, 0.2) is 0 Å². The highest BCUT2D eigenvalue weighted by Crippen LogP contribution is 2.52. The second-order valence-electron chi connectivity index (χ2n) is 6.66. The van der Waals surface area contributed by atoms with Gasteiger partial charge in [0.05, 0.1) is 11.0 Å². The van der Waals surface area contributed by atoms with Crippen molar-refractivity contribution in [3.8, 4) is 0 Å². The first kappa shape index (κ1) is 14.1. The average Bonchev–Trinajstić information content (AvgIpc) is 3.06. The summed E-state index contributed by atoms with van der Waals surface area (Å²) in [6.07, 6.45) is 5.31. The number of nitrogens with zero attached hydrogens (tertiary/aromatic N) is 2. The molecule has 2 aliphatic rings. The van der Waals surface area contributed by atoms with Crippen molar-refractivity contribution >= 4 is 17.2 Å². The van der Waals surface area contributed by atoms with Crippen molar-refractivity contribution in [2.45, 2.75) is 37.6 Å². The third kappa shape index (κ3) is 1.92. The Balaban J connectivity index is 1.85. The van der Waals surface area contributed by atoms with E-state index in [4.69, 9.17) is 0 Å². The van der Waals surface area contributed by atoms with Crippen LogP contribution in [0.4, 0.5) is 0 Å². The first-order chi connectivity index (χ1) is 9.50. The normalized spacial score (nSPS) is 34.4. The van der Waals surface area contributed by atoms with Crippen LogP contribution in [0.1, 0.15) is 37.0 Å². The summed E-state index contributed by atoms with van der Waals surface area (Å²) < 4.78 is 0. The molecule has 1 spiro atoms. The monoisotopic (exact) mass is 292 g/mol. The molecule has 1 aliphatic heterocycles. The molecule has 1 saturated carbocycles. The second-order valence-corrected chi connectivity index (χ2v) is 7.61. The van der Waals surface area contributed by atoms with E-state index in [0.717, 1.165) is 38.6 Å². The van der Waals surface area contributed by atoms with Gasteiger partial charge in [0, 0.05) is 18.5 Å². The molecule has 1 aromatic heterocycles. The predicted molar refractivity (Wildman–Crippen MR) is 82.8 cm³/mol. The molecule has 3 nitrogen and oxygen atoms in total. The van der Waals surface area contributed by atoms with E-state index in [1.54, 1.807) is 0 Å². The van der Waals surface area contributed by atoms with Crippen molar-refractivity contribution in [2.75, 3.05) is 27.7 Å². The average molecular weight is 292 g/mol. The first-order valence-corrected chi connectivity index (χ1v) is 8.35. The Morgan fingerprint density at radius 3 is 2.35 bits per heavy atom.